The minimum Gasteiger partial charge on any atom is -0.376 e. The standard InChI is InChI=1S/C14H15ClN2OS/c15-12-6-2-1-5-11(12)13-9-19-14(17-13)16-8-10-4-3-7-18-10/h1-2,5-6,9-10H,3-4,7-8H2,(H,16,17)/t10-/m0/s1. The summed E-state index contributed by atoms with van der Waals surface area (Å²) in [6.07, 6.45) is 2.62. The summed E-state index contributed by atoms with van der Waals surface area (Å²) in [7, 11) is 0. The first-order chi connectivity index (χ1) is 9.33. The van der Waals surface area contributed by atoms with Gasteiger partial charge in [0.2, 0.25) is 0 Å². The van der Waals surface area contributed by atoms with E-state index < -0.39 is 0 Å². The van der Waals surface area contributed by atoms with Crippen LogP contribution in [-0.4, -0.2) is 24.2 Å². The zero-order chi connectivity index (χ0) is 13.1. The first-order valence-corrected chi connectivity index (χ1v) is 7.64. The molecule has 1 N–H and O–H groups in total. The maximum absolute atomic E-state index is 6.17. The second kappa shape index (κ2) is 5.90. The van der Waals surface area contributed by atoms with Crippen LogP contribution in [0.4, 0.5) is 5.13 Å². The van der Waals surface area contributed by atoms with Gasteiger partial charge in [0.05, 0.1) is 11.8 Å². The molecule has 1 aromatic carbocycles. The molecule has 1 aliphatic rings. The molecular formula is C14H15ClN2OS. The van der Waals surface area contributed by atoms with Gasteiger partial charge in [-0.05, 0) is 18.9 Å². The molecule has 1 aliphatic heterocycles. The zero-order valence-electron chi connectivity index (χ0n) is 10.4. The van der Waals surface area contributed by atoms with Crippen LogP contribution in [0.3, 0.4) is 0 Å². The summed E-state index contributed by atoms with van der Waals surface area (Å²) in [6.45, 7) is 1.71. The number of nitrogens with one attached hydrogen (secondary N) is 1. The van der Waals surface area contributed by atoms with Crippen molar-refractivity contribution < 1.29 is 4.74 Å². The second-order valence-corrected chi connectivity index (χ2v) is 5.80. The van der Waals surface area contributed by atoms with E-state index in [1.807, 2.05) is 29.6 Å². The molecule has 1 aromatic heterocycles. The van der Waals surface area contributed by atoms with Crippen molar-refractivity contribution in [1.29, 1.82) is 0 Å². The molecule has 1 fully saturated rings. The number of anilines is 1. The number of nitrogens with zero attached hydrogens (tertiary/aromatic N) is 1. The lowest BCUT2D eigenvalue weighted by Gasteiger charge is -2.09. The Morgan fingerprint density at radius 3 is 3.11 bits per heavy atom. The van der Waals surface area contributed by atoms with Gasteiger partial charge in [-0.15, -0.1) is 11.3 Å². The normalized spacial score (nSPS) is 18.7. The molecule has 3 rings (SSSR count). The predicted molar refractivity (Wildman–Crippen MR) is 80.0 cm³/mol. The van der Waals surface area contributed by atoms with E-state index in [1.165, 1.54) is 0 Å². The van der Waals surface area contributed by atoms with Crippen molar-refractivity contribution in [2.75, 3.05) is 18.5 Å². The minimum absolute atomic E-state index is 0.327. The van der Waals surface area contributed by atoms with Gasteiger partial charge < -0.3 is 10.1 Å². The third kappa shape index (κ3) is 3.08. The highest BCUT2D eigenvalue weighted by Gasteiger charge is 2.15. The van der Waals surface area contributed by atoms with Crippen LogP contribution in [0.5, 0.6) is 0 Å². The van der Waals surface area contributed by atoms with Gasteiger partial charge in [0.1, 0.15) is 0 Å². The maximum Gasteiger partial charge on any atom is 0.183 e. The number of hydrogen-bond donors (Lipinski definition) is 1. The fourth-order valence-electron chi connectivity index (χ4n) is 2.15. The summed E-state index contributed by atoms with van der Waals surface area (Å²) in [4.78, 5) is 4.57. The van der Waals surface area contributed by atoms with E-state index in [1.54, 1.807) is 11.3 Å². The van der Waals surface area contributed by atoms with Crippen LogP contribution in [0.25, 0.3) is 11.3 Å². The van der Waals surface area contributed by atoms with Gasteiger partial charge in [-0.3, -0.25) is 0 Å². The lowest BCUT2D eigenvalue weighted by molar-refractivity contribution is 0.120. The summed E-state index contributed by atoms with van der Waals surface area (Å²) in [5.74, 6) is 0. The fraction of sp³-hybridized carbons (Fsp3) is 0.357. The quantitative estimate of drug-likeness (QED) is 0.923. The van der Waals surface area contributed by atoms with Gasteiger partial charge in [0.15, 0.2) is 5.13 Å². The zero-order valence-corrected chi connectivity index (χ0v) is 12.0. The molecule has 0 radical (unpaired) electrons. The molecular weight excluding hydrogens is 280 g/mol. The van der Waals surface area contributed by atoms with Gasteiger partial charge in [0, 0.05) is 29.1 Å². The Bertz CT molecular complexity index is 552. The summed E-state index contributed by atoms with van der Waals surface area (Å²) < 4.78 is 5.58. The summed E-state index contributed by atoms with van der Waals surface area (Å²) in [5, 5.41) is 7.02. The molecule has 0 aliphatic carbocycles. The number of rotatable bonds is 4. The molecule has 0 amide bonds. The molecule has 5 heteroatoms. The van der Waals surface area contributed by atoms with E-state index in [0.717, 1.165) is 47.4 Å². The van der Waals surface area contributed by atoms with E-state index >= 15 is 0 Å². The molecule has 3 nitrogen and oxygen atoms in total. The second-order valence-electron chi connectivity index (χ2n) is 4.53. The van der Waals surface area contributed by atoms with E-state index in [4.69, 9.17) is 16.3 Å². The third-order valence-corrected chi connectivity index (χ3v) is 4.29. The van der Waals surface area contributed by atoms with Gasteiger partial charge in [-0.25, -0.2) is 4.98 Å². The predicted octanol–water partition coefficient (Wildman–Crippen LogP) is 4.05. The molecule has 0 saturated carbocycles. The average molecular weight is 295 g/mol. The van der Waals surface area contributed by atoms with Crippen LogP contribution in [0.1, 0.15) is 12.8 Å². The Morgan fingerprint density at radius 1 is 1.42 bits per heavy atom. The van der Waals surface area contributed by atoms with Crippen LogP contribution in [0.15, 0.2) is 29.6 Å². The van der Waals surface area contributed by atoms with Crippen molar-refractivity contribution in [3.8, 4) is 11.3 Å². The topological polar surface area (TPSA) is 34.1 Å². The van der Waals surface area contributed by atoms with Crippen LogP contribution < -0.4 is 5.32 Å². The Hall–Kier alpha value is -1.10. The third-order valence-electron chi connectivity index (χ3n) is 3.16. The molecule has 1 saturated heterocycles. The first kappa shape index (κ1) is 12.9. The lowest BCUT2D eigenvalue weighted by atomic mass is 10.2. The molecule has 0 spiro atoms. The Kier molecular flexibility index (Phi) is 4.01. The van der Waals surface area contributed by atoms with Crippen molar-refractivity contribution in [2.24, 2.45) is 0 Å². The number of thiazole rings is 1. The number of aromatic nitrogens is 1. The number of halogens is 1. The highest BCUT2D eigenvalue weighted by Crippen LogP contribution is 2.30. The minimum atomic E-state index is 0.327. The van der Waals surface area contributed by atoms with Gasteiger partial charge in [0.25, 0.3) is 0 Å². The fourth-order valence-corrected chi connectivity index (χ4v) is 3.11. The Balaban J connectivity index is 1.67. The van der Waals surface area contributed by atoms with Crippen molar-refractivity contribution in [3.05, 3.63) is 34.7 Å². The van der Waals surface area contributed by atoms with Gasteiger partial charge in [-0.2, -0.15) is 0 Å². The van der Waals surface area contributed by atoms with Gasteiger partial charge >= 0.3 is 0 Å². The van der Waals surface area contributed by atoms with Crippen LogP contribution in [0.2, 0.25) is 5.02 Å². The van der Waals surface area contributed by atoms with E-state index in [-0.39, 0.29) is 0 Å². The lowest BCUT2D eigenvalue weighted by Crippen LogP contribution is -2.18. The van der Waals surface area contributed by atoms with E-state index in [9.17, 15) is 0 Å². The first-order valence-electron chi connectivity index (χ1n) is 6.39. The van der Waals surface area contributed by atoms with Crippen LogP contribution >= 0.6 is 22.9 Å². The molecule has 0 unspecified atom stereocenters. The van der Waals surface area contributed by atoms with Gasteiger partial charge in [-0.1, -0.05) is 29.8 Å². The molecule has 2 heterocycles. The van der Waals surface area contributed by atoms with Crippen LogP contribution in [-0.2, 0) is 4.74 Å². The smallest absolute Gasteiger partial charge is 0.183 e. The highest BCUT2D eigenvalue weighted by atomic mass is 35.5. The molecule has 100 valence electrons. The average Bonchev–Trinajstić information content (AvgIpc) is 3.08. The Morgan fingerprint density at radius 2 is 2.32 bits per heavy atom. The summed E-state index contributed by atoms with van der Waals surface area (Å²) in [6, 6.07) is 7.77. The number of hydrogen-bond acceptors (Lipinski definition) is 4. The summed E-state index contributed by atoms with van der Waals surface area (Å²) >= 11 is 7.77. The Labute approximate surface area is 121 Å². The van der Waals surface area contributed by atoms with E-state index in [2.05, 4.69) is 10.3 Å². The van der Waals surface area contributed by atoms with Crippen molar-refractivity contribution >= 4 is 28.1 Å². The molecule has 1 atom stereocenters. The summed E-state index contributed by atoms with van der Waals surface area (Å²) in [5.41, 5.74) is 1.90. The number of ether oxygens (including phenoxy) is 1. The van der Waals surface area contributed by atoms with Crippen molar-refractivity contribution in [1.82, 2.24) is 4.98 Å². The monoisotopic (exact) mass is 294 g/mol. The molecule has 19 heavy (non-hydrogen) atoms. The number of benzene rings is 1. The van der Waals surface area contributed by atoms with Crippen molar-refractivity contribution in [2.45, 2.75) is 18.9 Å². The van der Waals surface area contributed by atoms with Crippen LogP contribution in [0, 0.1) is 0 Å². The molecule has 0 bridgehead atoms. The molecule has 2 aromatic rings. The SMILES string of the molecule is Clc1ccccc1-c1csc(NC[C@@H]2CCCO2)n1. The maximum atomic E-state index is 6.17. The highest BCUT2D eigenvalue weighted by molar-refractivity contribution is 7.14. The van der Waals surface area contributed by atoms with Crippen molar-refractivity contribution in [3.63, 3.8) is 0 Å². The largest absolute Gasteiger partial charge is 0.376 e. The van der Waals surface area contributed by atoms with E-state index in [0.29, 0.717) is 6.10 Å².